The maximum Gasteiger partial charge on any atom is 0.309 e. The van der Waals surface area contributed by atoms with Crippen LogP contribution in [0.2, 0.25) is 0 Å². The first-order valence-corrected chi connectivity index (χ1v) is 5.20. The minimum atomic E-state index is -0.833. The van der Waals surface area contributed by atoms with Crippen LogP contribution in [0.15, 0.2) is 24.5 Å². The zero-order chi connectivity index (χ0) is 13.1. The summed E-state index contributed by atoms with van der Waals surface area (Å²) in [6.45, 7) is 0.881. The van der Waals surface area contributed by atoms with E-state index < -0.39 is 6.03 Å². The lowest BCUT2D eigenvalue weighted by Gasteiger charge is -1.99. The van der Waals surface area contributed by atoms with E-state index in [0.29, 0.717) is 12.0 Å². The molecule has 6 heteroatoms. The number of hydrogen-bond donors (Lipinski definition) is 3. The third-order valence-corrected chi connectivity index (χ3v) is 1.81. The van der Waals surface area contributed by atoms with Gasteiger partial charge in [-0.05, 0) is 32.1 Å². The zero-order valence-corrected chi connectivity index (χ0v) is 9.85. The summed E-state index contributed by atoms with van der Waals surface area (Å²) in [5.41, 5.74) is 9.21. The van der Waals surface area contributed by atoms with Crippen molar-refractivity contribution in [3.63, 3.8) is 0 Å². The summed E-state index contributed by atoms with van der Waals surface area (Å²) >= 11 is 0. The van der Waals surface area contributed by atoms with Crippen LogP contribution >= 0.6 is 0 Å². The van der Waals surface area contributed by atoms with Crippen molar-refractivity contribution in [2.24, 2.45) is 11.5 Å². The van der Waals surface area contributed by atoms with E-state index in [4.69, 9.17) is 4.79 Å². The fraction of sp³-hybridized carbons (Fsp3) is 0.364. The van der Waals surface area contributed by atoms with E-state index >= 15 is 0 Å². The van der Waals surface area contributed by atoms with Crippen molar-refractivity contribution >= 4 is 11.8 Å². The van der Waals surface area contributed by atoms with Crippen LogP contribution in [0.3, 0.4) is 0 Å². The van der Waals surface area contributed by atoms with Gasteiger partial charge >= 0.3 is 6.03 Å². The molecule has 0 saturated heterocycles. The molecule has 0 unspecified atom stereocenters. The van der Waals surface area contributed by atoms with Crippen molar-refractivity contribution in [2.75, 3.05) is 13.6 Å². The predicted octanol–water partition coefficient (Wildman–Crippen LogP) is 0.288. The molecule has 5 N–H and O–H groups in total. The topological polar surface area (TPSA) is 111 Å². The van der Waals surface area contributed by atoms with Crippen molar-refractivity contribution in [2.45, 2.75) is 12.8 Å². The quantitative estimate of drug-likeness (QED) is 0.505. The van der Waals surface area contributed by atoms with E-state index in [2.05, 4.69) is 21.8 Å². The lowest BCUT2D eigenvalue weighted by molar-refractivity contribution is 0.0980. The van der Waals surface area contributed by atoms with Crippen LogP contribution in [-0.2, 0) is 0 Å². The van der Waals surface area contributed by atoms with Gasteiger partial charge in [0.2, 0.25) is 0 Å². The third kappa shape index (κ3) is 9.01. The number of hydrogen-bond acceptors (Lipinski definition) is 4. The molecule has 1 rings (SSSR count). The number of nitrogens with zero attached hydrogens (tertiary/aromatic N) is 1. The molecule has 1 aromatic rings. The summed E-state index contributed by atoms with van der Waals surface area (Å²) in [4.78, 5) is 24.3. The van der Waals surface area contributed by atoms with Gasteiger partial charge in [-0.3, -0.25) is 9.78 Å². The third-order valence-electron chi connectivity index (χ3n) is 1.81. The Balaban J connectivity index is 0.000000557. The number of carbonyl (C=O) groups excluding carboxylic acids is 2. The Morgan fingerprint density at radius 2 is 2.06 bits per heavy atom. The number of carbonyl (C=O) groups is 2. The second-order valence-electron chi connectivity index (χ2n) is 3.27. The predicted molar refractivity (Wildman–Crippen MR) is 65.5 cm³/mol. The van der Waals surface area contributed by atoms with Gasteiger partial charge in [-0.2, -0.15) is 0 Å². The summed E-state index contributed by atoms with van der Waals surface area (Å²) in [5, 5.41) is 3.01. The molecule has 0 atom stereocenters. The maximum absolute atomic E-state index is 11.5. The van der Waals surface area contributed by atoms with Crippen molar-refractivity contribution < 1.29 is 9.59 Å². The Hall–Kier alpha value is -1.95. The highest BCUT2D eigenvalue weighted by molar-refractivity contribution is 5.95. The van der Waals surface area contributed by atoms with Crippen molar-refractivity contribution in [3.8, 4) is 0 Å². The summed E-state index contributed by atoms with van der Waals surface area (Å²) in [5.74, 6) is 0.170. The maximum atomic E-state index is 11.5. The molecular weight excluding hydrogens is 220 g/mol. The van der Waals surface area contributed by atoms with E-state index in [9.17, 15) is 4.79 Å². The largest absolute Gasteiger partial charge is 0.352 e. The highest BCUT2D eigenvalue weighted by Gasteiger charge is 2.03. The fourth-order valence-corrected chi connectivity index (χ4v) is 1.10. The van der Waals surface area contributed by atoms with Gasteiger partial charge in [0.1, 0.15) is 0 Å². The molecule has 1 aromatic heterocycles. The van der Waals surface area contributed by atoms with Crippen molar-refractivity contribution in [1.82, 2.24) is 10.3 Å². The van der Waals surface area contributed by atoms with E-state index in [1.807, 2.05) is 7.05 Å². The number of rotatable bonds is 5. The normalized spacial score (nSPS) is 9.00. The Morgan fingerprint density at radius 1 is 1.41 bits per heavy atom. The number of pyridine rings is 1. The molecule has 0 aliphatic heterocycles. The first-order chi connectivity index (χ1) is 8.07. The van der Waals surface area contributed by atoms with Gasteiger partial charge in [-0.1, -0.05) is 0 Å². The first kappa shape index (κ1) is 15.0. The molecule has 0 aliphatic rings. The molecule has 6 nitrogen and oxygen atoms in total. The highest BCUT2D eigenvalue weighted by atomic mass is 16.2. The Labute approximate surface area is 100 Å². The molecule has 0 saturated carbocycles. The van der Waals surface area contributed by atoms with Crippen LogP contribution in [0.25, 0.3) is 0 Å². The lowest BCUT2D eigenvalue weighted by atomic mass is 10.1. The molecular formula is C11H18N4O2. The number of amides is 2. The number of aromatic nitrogens is 1. The van der Waals surface area contributed by atoms with Crippen LogP contribution in [0.5, 0.6) is 0 Å². The van der Waals surface area contributed by atoms with Gasteiger partial charge in [-0.25, -0.2) is 4.79 Å². The molecule has 17 heavy (non-hydrogen) atoms. The zero-order valence-electron chi connectivity index (χ0n) is 9.85. The van der Waals surface area contributed by atoms with Crippen molar-refractivity contribution in [1.29, 1.82) is 0 Å². The molecule has 0 radical (unpaired) electrons. The summed E-state index contributed by atoms with van der Waals surface area (Å²) in [7, 11) is 1.88. The Bertz CT molecular complexity index is 337. The van der Waals surface area contributed by atoms with Gasteiger partial charge < -0.3 is 16.8 Å². The number of primary amides is 2. The molecule has 0 bridgehead atoms. The van der Waals surface area contributed by atoms with E-state index in [1.54, 1.807) is 24.5 Å². The summed E-state index contributed by atoms with van der Waals surface area (Å²) in [6.07, 6.45) is 4.75. The minimum absolute atomic E-state index is 0.170. The monoisotopic (exact) mass is 238 g/mol. The van der Waals surface area contributed by atoms with Crippen LogP contribution in [0.1, 0.15) is 23.2 Å². The van der Waals surface area contributed by atoms with E-state index in [-0.39, 0.29) is 5.78 Å². The van der Waals surface area contributed by atoms with Gasteiger partial charge in [-0.15, -0.1) is 0 Å². The number of Topliss-reactive ketones (excluding diaryl/α,β-unsaturated/α-hetero) is 1. The SMILES string of the molecule is CNCCCC(=O)c1cccnc1.NC(N)=O. The standard InChI is InChI=1S/C10H14N2O.CH4N2O/c1-11-6-3-5-10(13)9-4-2-7-12-8-9;2-1(3)4/h2,4,7-8,11H,3,5-6H2,1H3;(H4,2,3,4). The van der Waals surface area contributed by atoms with E-state index in [1.165, 1.54) is 0 Å². The van der Waals surface area contributed by atoms with Crippen LogP contribution in [0, 0.1) is 0 Å². The smallest absolute Gasteiger partial charge is 0.309 e. The summed E-state index contributed by atoms with van der Waals surface area (Å²) in [6, 6.07) is 2.75. The molecule has 2 amide bonds. The second-order valence-corrected chi connectivity index (χ2v) is 3.27. The molecule has 1 heterocycles. The fourth-order valence-electron chi connectivity index (χ4n) is 1.10. The van der Waals surface area contributed by atoms with Crippen molar-refractivity contribution in [3.05, 3.63) is 30.1 Å². The highest BCUT2D eigenvalue weighted by Crippen LogP contribution is 2.02. The average Bonchev–Trinajstić information content (AvgIpc) is 2.30. The van der Waals surface area contributed by atoms with Crippen LogP contribution < -0.4 is 16.8 Å². The number of urea groups is 1. The molecule has 0 spiro atoms. The Morgan fingerprint density at radius 3 is 2.53 bits per heavy atom. The first-order valence-electron chi connectivity index (χ1n) is 5.20. The van der Waals surface area contributed by atoms with Crippen LogP contribution in [-0.4, -0.2) is 30.4 Å². The molecule has 0 aromatic carbocycles. The van der Waals surface area contributed by atoms with Gasteiger partial charge in [0, 0.05) is 24.4 Å². The number of nitrogens with two attached hydrogens (primary N) is 2. The number of nitrogens with one attached hydrogen (secondary N) is 1. The molecule has 94 valence electrons. The number of ketones is 1. The van der Waals surface area contributed by atoms with Crippen LogP contribution in [0.4, 0.5) is 4.79 Å². The average molecular weight is 238 g/mol. The van der Waals surface area contributed by atoms with Gasteiger partial charge in [0.25, 0.3) is 0 Å². The second kappa shape index (κ2) is 9.29. The summed E-state index contributed by atoms with van der Waals surface area (Å²) < 4.78 is 0. The minimum Gasteiger partial charge on any atom is -0.352 e. The van der Waals surface area contributed by atoms with E-state index in [0.717, 1.165) is 13.0 Å². The van der Waals surface area contributed by atoms with Gasteiger partial charge in [0.15, 0.2) is 5.78 Å². The molecule has 0 fully saturated rings. The van der Waals surface area contributed by atoms with Gasteiger partial charge in [0.05, 0.1) is 0 Å². The molecule has 0 aliphatic carbocycles. The Kier molecular flexibility index (Phi) is 8.22. The lowest BCUT2D eigenvalue weighted by Crippen LogP contribution is -2.18.